The average molecular weight is 554 g/mol. The Bertz CT molecular complexity index is 1540. The molecule has 10 nitrogen and oxygen atoms in total. The Labute approximate surface area is 235 Å². The van der Waals surface area contributed by atoms with Crippen LogP contribution < -0.4 is 10.1 Å². The first-order valence-electron chi connectivity index (χ1n) is 13.5. The molecule has 5 amide bonds. The van der Waals surface area contributed by atoms with Gasteiger partial charge in [-0.1, -0.05) is 18.2 Å². The summed E-state index contributed by atoms with van der Waals surface area (Å²) in [5.74, 6) is -0.845. The summed E-state index contributed by atoms with van der Waals surface area (Å²) in [6.45, 7) is 1.03. The van der Waals surface area contributed by atoms with Gasteiger partial charge in [0.1, 0.15) is 11.5 Å². The highest BCUT2D eigenvalue weighted by atomic mass is 16.5. The Morgan fingerprint density at radius 3 is 2.22 bits per heavy atom. The molecule has 1 N–H and O–H groups in total. The number of amides is 5. The normalized spacial score (nSPS) is 17.7. The molecule has 3 aromatic carbocycles. The van der Waals surface area contributed by atoms with Crippen LogP contribution in [0.3, 0.4) is 0 Å². The Kier molecular flexibility index (Phi) is 7.07. The summed E-state index contributed by atoms with van der Waals surface area (Å²) in [6.07, 6.45) is 2.04. The van der Waals surface area contributed by atoms with Crippen LogP contribution in [0.4, 0.5) is 5.69 Å². The van der Waals surface area contributed by atoms with Gasteiger partial charge in [-0.05, 0) is 61.7 Å². The van der Waals surface area contributed by atoms with E-state index in [9.17, 15) is 24.0 Å². The third-order valence-corrected chi connectivity index (χ3v) is 7.37. The van der Waals surface area contributed by atoms with E-state index < -0.39 is 0 Å². The van der Waals surface area contributed by atoms with Gasteiger partial charge in [0.2, 0.25) is 5.91 Å². The highest BCUT2D eigenvalue weighted by Crippen LogP contribution is 2.31. The number of nitrogens with one attached hydrogen (secondary N) is 1. The van der Waals surface area contributed by atoms with Crippen molar-refractivity contribution in [3.8, 4) is 11.5 Å². The van der Waals surface area contributed by atoms with Crippen LogP contribution in [0.25, 0.3) is 0 Å². The first kappa shape index (κ1) is 26.4. The fourth-order valence-electron chi connectivity index (χ4n) is 5.33. The Morgan fingerprint density at radius 1 is 0.805 bits per heavy atom. The van der Waals surface area contributed by atoms with Gasteiger partial charge >= 0.3 is 0 Å². The predicted octanol–water partition coefficient (Wildman–Crippen LogP) is 4.27. The van der Waals surface area contributed by atoms with Crippen LogP contribution in [0.1, 0.15) is 67.1 Å². The van der Waals surface area contributed by atoms with E-state index in [1.807, 2.05) is 0 Å². The maximum absolute atomic E-state index is 12.9. The second-order valence-electron chi connectivity index (χ2n) is 10.2. The first-order valence-corrected chi connectivity index (χ1v) is 13.5. The Balaban J connectivity index is 1.04. The van der Waals surface area contributed by atoms with Gasteiger partial charge in [0.05, 0.1) is 34.9 Å². The van der Waals surface area contributed by atoms with Crippen LogP contribution in [0, 0.1) is 0 Å². The number of fused-ring (bicyclic) bond motifs is 2. The molecule has 10 heteroatoms. The largest absolute Gasteiger partial charge is 0.457 e. The number of ether oxygens (including phenoxy) is 2. The van der Waals surface area contributed by atoms with E-state index in [2.05, 4.69) is 5.32 Å². The fourth-order valence-corrected chi connectivity index (χ4v) is 5.33. The highest BCUT2D eigenvalue weighted by molar-refractivity contribution is 6.22. The topological polar surface area (TPSA) is 122 Å². The molecule has 0 spiro atoms. The molecule has 0 saturated carbocycles. The summed E-state index contributed by atoms with van der Waals surface area (Å²) in [7, 11) is 0. The van der Waals surface area contributed by atoms with Gasteiger partial charge in [-0.2, -0.15) is 0 Å². The molecular formula is C31H27N3O7. The maximum atomic E-state index is 12.9. The van der Waals surface area contributed by atoms with Gasteiger partial charge in [-0.25, -0.2) is 0 Å². The van der Waals surface area contributed by atoms with E-state index in [1.54, 1.807) is 66.7 Å². The lowest BCUT2D eigenvalue weighted by Gasteiger charge is -2.17. The molecule has 208 valence electrons. The minimum absolute atomic E-state index is 0.113. The number of anilines is 1. The number of hydrogen-bond donors (Lipinski definition) is 1. The van der Waals surface area contributed by atoms with Crippen molar-refractivity contribution in [1.29, 1.82) is 0 Å². The molecule has 41 heavy (non-hydrogen) atoms. The quantitative estimate of drug-likeness (QED) is 0.393. The van der Waals surface area contributed by atoms with Crippen LogP contribution in [-0.2, 0) is 9.53 Å². The molecule has 0 aliphatic carbocycles. The molecule has 0 radical (unpaired) electrons. The van der Waals surface area contributed by atoms with Crippen molar-refractivity contribution < 1.29 is 33.4 Å². The summed E-state index contributed by atoms with van der Waals surface area (Å²) in [5, 5.41) is 2.80. The zero-order valence-corrected chi connectivity index (χ0v) is 22.1. The summed E-state index contributed by atoms with van der Waals surface area (Å²) in [4.78, 5) is 65.7. The van der Waals surface area contributed by atoms with Gasteiger partial charge in [-0.15, -0.1) is 0 Å². The van der Waals surface area contributed by atoms with Gasteiger partial charge in [0, 0.05) is 31.3 Å². The van der Waals surface area contributed by atoms with E-state index in [-0.39, 0.29) is 60.7 Å². The molecule has 0 bridgehead atoms. The van der Waals surface area contributed by atoms with Crippen molar-refractivity contribution in [2.45, 2.75) is 31.8 Å². The number of carbonyl (C=O) groups is 5. The van der Waals surface area contributed by atoms with Crippen molar-refractivity contribution in [2.75, 3.05) is 25.0 Å². The van der Waals surface area contributed by atoms with Crippen molar-refractivity contribution >= 4 is 35.2 Å². The van der Waals surface area contributed by atoms with E-state index in [0.717, 1.165) is 12.8 Å². The first-order chi connectivity index (χ1) is 19.9. The Hall–Kier alpha value is -4.83. The molecule has 3 aromatic rings. The fraction of sp³-hybridized carbons (Fsp3) is 0.258. The molecule has 3 aliphatic rings. The smallest absolute Gasteiger partial charge is 0.261 e. The number of carbonyl (C=O) groups excluding carboxylic acids is 5. The van der Waals surface area contributed by atoms with Gasteiger partial charge in [-0.3, -0.25) is 33.8 Å². The number of rotatable bonds is 9. The molecule has 6 rings (SSSR count). The van der Waals surface area contributed by atoms with Gasteiger partial charge in [0.15, 0.2) is 0 Å². The van der Waals surface area contributed by atoms with Crippen LogP contribution in [0.5, 0.6) is 11.5 Å². The van der Waals surface area contributed by atoms with Gasteiger partial charge < -0.3 is 14.8 Å². The summed E-state index contributed by atoms with van der Waals surface area (Å²) in [5.41, 5.74) is 1.89. The van der Waals surface area contributed by atoms with Crippen molar-refractivity contribution in [3.63, 3.8) is 0 Å². The van der Waals surface area contributed by atoms with Crippen LogP contribution in [-0.4, -0.2) is 65.1 Å². The lowest BCUT2D eigenvalue weighted by atomic mass is 10.1. The third-order valence-electron chi connectivity index (χ3n) is 7.37. The van der Waals surface area contributed by atoms with Crippen molar-refractivity contribution in [2.24, 2.45) is 0 Å². The number of benzene rings is 3. The molecule has 1 unspecified atom stereocenters. The highest BCUT2D eigenvalue weighted by Gasteiger charge is 2.38. The minimum atomic E-state index is -0.367. The van der Waals surface area contributed by atoms with Crippen LogP contribution >= 0.6 is 0 Å². The lowest BCUT2D eigenvalue weighted by molar-refractivity contribution is -0.116. The van der Waals surface area contributed by atoms with E-state index in [0.29, 0.717) is 46.9 Å². The van der Waals surface area contributed by atoms with Crippen molar-refractivity contribution in [3.05, 3.63) is 89.0 Å². The summed E-state index contributed by atoms with van der Waals surface area (Å²) < 4.78 is 11.5. The molecular weight excluding hydrogens is 526 g/mol. The third kappa shape index (κ3) is 5.21. The Morgan fingerprint density at radius 2 is 1.49 bits per heavy atom. The summed E-state index contributed by atoms with van der Waals surface area (Å²) >= 11 is 0. The molecule has 0 aromatic heterocycles. The molecule has 1 saturated heterocycles. The lowest BCUT2D eigenvalue weighted by Crippen LogP contribution is -2.36. The SMILES string of the molecule is O=C(CCCN1C(=O)c2ccccc2C1=O)Nc1cccc(Oc2ccc3c(c2)C(=O)N(CC2CCCO2)C3=O)c1. The van der Waals surface area contributed by atoms with Gasteiger partial charge in [0.25, 0.3) is 23.6 Å². The molecule has 1 fully saturated rings. The standard InChI is InChI=1S/C31H27N3O7/c35-27(11-4-14-33-28(36)23-9-1-2-10-24(23)29(33)37)32-19-6-3-7-20(16-19)41-21-12-13-25-26(17-21)31(39)34(30(25)38)18-22-8-5-15-40-22/h1-3,6-7,9-10,12-13,16-17,22H,4-5,8,11,14-15,18H2,(H,32,35). The average Bonchev–Trinajstić information content (AvgIpc) is 3.64. The second-order valence-corrected chi connectivity index (χ2v) is 10.2. The number of imide groups is 2. The molecule has 3 aliphatic heterocycles. The number of nitrogens with zero attached hydrogens (tertiary/aromatic N) is 2. The molecule has 1 atom stereocenters. The monoisotopic (exact) mass is 553 g/mol. The van der Waals surface area contributed by atoms with E-state index in [1.165, 1.54) is 9.80 Å². The zero-order chi connectivity index (χ0) is 28.5. The molecule has 3 heterocycles. The van der Waals surface area contributed by atoms with Crippen molar-refractivity contribution in [1.82, 2.24) is 9.80 Å². The van der Waals surface area contributed by atoms with Crippen LogP contribution in [0.2, 0.25) is 0 Å². The number of hydrogen-bond acceptors (Lipinski definition) is 7. The minimum Gasteiger partial charge on any atom is -0.457 e. The predicted molar refractivity (Wildman–Crippen MR) is 147 cm³/mol. The zero-order valence-electron chi connectivity index (χ0n) is 22.1. The van der Waals surface area contributed by atoms with Crippen LogP contribution in [0.15, 0.2) is 66.7 Å². The summed E-state index contributed by atoms with van der Waals surface area (Å²) in [6, 6.07) is 18.2. The second kappa shape index (κ2) is 11.0. The van der Waals surface area contributed by atoms with E-state index in [4.69, 9.17) is 9.47 Å². The van der Waals surface area contributed by atoms with E-state index >= 15 is 0 Å². The maximum Gasteiger partial charge on any atom is 0.261 e.